The average molecular weight is 358 g/mol. The van der Waals surface area contributed by atoms with E-state index in [0.717, 1.165) is 31.4 Å². The molecule has 1 aliphatic heterocycles. The third-order valence-corrected chi connectivity index (χ3v) is 5.96. The van der Waals surface area contributed by atoms with Crippen LogP contribution in [0.4, 0.5) is 0 Å². The predicted molar refractivity (Wildman–Crippen MR) is 101 cm³/mol. The van der Waals surface area contributed by atoms with E-state index in [9.17, 15) is 14.7 Å². The zero-order chi connectivity index (χ0) is 18.7. The first kappa shape index (κ1) is 18.9. The molecule has 1 fully saturated rings. The summed E-state index contributed by atoms with van der Waals surface area (Å²) in [5.74, 6) is -1.15. The number of carbonyl (C=O) groups excluding carboxylic acids is 1. The van der Waals surface area contributed by atoms with Gasteiger partial charge in [0.25, 0.3) is 0 Å². The van der Waals surface area contributed by atoms with Gasteiger partial charge in [0.1, 0.15) is 0 Å². The van der Waals surface area contributed by atoms with Gasteiger partial charge < -0.3 is 10.4 Å². The highest BCUT2D eigenvalue weighted by atomic mass is 16.4. The van der Waals surface area contributed by atoms with Gasteiger partial charge in [0.05, 0.1) is 18.0 Å². The van der Waals surface area contributed by atoms with Crippen LogP contribution in [0.2, 0.25) is 0 Å². The standard InChI is InChI=1S/C21H30N2O3/c1-14(17-10-9-16-6-3-4-7-18(16)12-17)22-20(24)15(2)23-11-5-8-19(13-23)21(25)26/h9-10,12,14-15,19H,3-8,11,13H2,1-2H3,(H,22,24)(H,25,26). The molecule has 1 aromatic carbocycles. The zero-order valence-corrected chi connectivity index (χ0v) is 15.8. The van der Waals surface area contributed by atoms with Crippen LogP contribution in [0.5, 0.6) is 0 Å². The average Bonchev–Trinajstić information content (AvgIpc) is 2.66. The molecule has 2 N–H and O–H groups in total. The van der Waals surface area contributed by atoms with Crippen LogP contribution in [0.3, 0.4) is 0 Å². The molecule has 1 saturated heterocycles. The Hall–Kier alpha value is -1.88. The van der Waals surface area contributed by atoms with Crippen molar-refractivity contribution in [2.75, 3.05) is 13.1 Å². The molecule has 1 amide bonds. The van der Waals surface area contributed by atoms with Crippen molar-refractivity contribution < 1.29 is 14.7 Å². The summed E-state index contributed by atoms with van der Waals surface area (Å²) in [6.45, 7) is 5.13. The van der Waals surface area contributed by atoms with Gasteiger partial charge in [-0.3, -0.25) is 14.5 Å². The molecule has 1 heterocycles. The summed E-state index contributed by atoms with van der Waals surface area (Å²) in [6, 6.07) is 6.22. The Kier molecular flexibility index (Phi) is 5.97. The Bertz CT molecular complexity index is 673. The molecule has 0 spiro atoms. The van der Waals surface area contributed by atoms with Crippen LogP contribution < -0.4 is 5.32 Å². The number of likely N-dealkylation sites (tertiary alicyclic amines) is 1. The number of fused-ring (bicyclic) bond motifs is 1. The van der Waals surface area contributed by atoms with Crippen LogP contribution in [0, 0.1) is 5.92 Å². The molecule has 5 heteroatoms. The largest absolute Gasteiger partial charge is 0.481 e. The Balaban J connectivity index is 1.60. The molecule has 1 aliphatic carbocycles. The van der Waals surface area contributed by atoms with E-state index < -0.39 is 5.97 Å². The quantitative estimate of drug-likeness (QED) is 0.849. The second-order valence-electron chi connectivity index (χ2n) is 7.81. The third kappa shape index (κ3) is 4.26. The predicted octanol–water partition coefficient (Wildman–Crippen LogP) is 2.93. The lowest BCUT2D eigenvalue weighted by Crippen LogP contribution is -2.50. The summed E-state index contributed by atoms with van der Waals surface area (Å²) in [5.41, 5.74) is 4.01. The number of carboxylic acids is 1. The van der Waals surface area contributed by atoms with Crippen LogP contribution in [0.1, 0.15) is 62.3 Å². The molecule has 1 aromatic rings. The van der Waals surface area contributed by atoms with Crippen molar-refractivity contribution in [2.24, 2.45) is 5.92 Å². The van der Waals surface area contributed by atoms with Gasteiger partial charge in [-0.05, 0) is 75.6 Å². The van der Waals surface area contributed by atoms with Crippen LogP contribution in [0.15, 0.2) is 18.2 Å². The number of aliphatic carboxylic acids is 1. The first-order valence-corrected chi connectivity index (χ1v) is 9.84. The van der Waals surface area contributed by atoms with E-state index in [-0.39, 0.29) is 23.9 Å². The van der Waals surface area contributed by atoms with E-state index in [4.69, 9.17) is 0 Å². The topological polar surface area (TPSA) is 69.6 Å². The lowest BCUT2D eigenvalue weighted by molar-refractivity contribution is -0.145. The SMILES string of the molecule is CC(NC(=O)C(C)N1CCCC(C(=O)O)C1)c1ccc2c(c1)CCCC2. The minimum atomic E-state index is -0.760. The number of carboxylic acid groups (broad SMARTS) is 1. The molecular weight excluding hydrogens is 328 g/mol. The normalized spacial score (nSPS) is 22.9. The number of hydrogen-bond acceptors (Lipinski definition) is 3. The van der Waals surface area contributed by atoms with Crippen molar-refractivity contribution >= 4 is 11.9 Å². The Morgan fingerprint density at radius 1 is 1.15 bits per heavy atom. The van der Waals surface area contributed by atoms with Gasteiger partial charge in [-0.1, -0.05) is 18.2 Å². The van der Waals surface area contributed by atoms with Crippen molar-refractivity contribution in [3.63, 3.8) is 0 Å². The monoisotopic (exact) mass is 358 g/mol. The van der Waals surface area contributed by atoms with Crippen molar-refractivity contribution in [3.05, 3.63) is 34.9 Å². The van der Waals surface area contributed by atoms with Gasteiger partial charge in [-0.25, -0.2) is 0 Å². The number of rotatable bonds is 5. The Morgan fingerprint density at radius 3 is 2.62 bits per heavy atom. The van der Waals surface area contributed by atoms with E-state index in [1.807, 2.05) is 18.7 Å². The highest BCUT2D eigenvalue weighted by Crippen LogP contribution is 2.25. The third-order valence-electron chi connectivity index (χ3n) is 5.96. The van der Waals surface area contributed by atoms with E-state index in [2.05, 4.69) is 23.5 Å². The van der Waals surface area contributed by atoms with Crippen molar-refractivity contribution in [3.8, 4) is 0 Å². The fourth-order valence-corrected chi connectivity index (χ4v) is 4.17. The Labute approximate surface area is 155 Å². The lowest BCUT2D eigenvalue weighted by Gasteiger charge is -2.35. The molecule has 2 aliphatic rings. The van der Waals surface area contributed by atoms with Gasteiger partial charge in [0, 0.05) is 6.54 Å². The van der Waals surface area contributed by atoms with E-state index >= 15 is 0 Å². The molecule has 0 saturated carbocycles. The maximum Gasteiger partial charge on any atom is 0.307 e. The molecule has 142 valence electrons. The smallest absolute Gasteiger partial charge is 0.307 e. The zero-order valence-electron chi connectivity index (χ0n) is 15.8. The molecule has 0 radical (unpaired) electrons. The number of nitrogens with zero attached hydrogens (tertiary/aromatic N) is 1. The summed E-state index contributed by atoms with van der Waals surface area (Å²) in [7, 11) is 0. The summed E-state index contributed by atoms with van der Waals surface area (Å²) < 4.78 is 0. The molecule has 5 nitrogen and oxygen atoms in total. The van der Waals surface area contributed by atoms with E-state index in [1.54, 1.807) is 0 Å². The highest BCUT2D eigenvalue weighted by molar-refractivity contribution is 5.82. The van der Waals surface area contributed by atoms with Crippen molar-refractivity contribution in [2.45, 2.75) is 64.5 Å². The first-order valence-electron chi connectivity index (χ1n) is 9.84. The number of hydrogen-bond donors (Lipinski definition) is 2. The number of amides is 1. The van der Waals surface area contributed by atoms with Crippen molar-refractivity contribution in [1.82, 2.24) is 10.2 Å². The lowest BCUT2D eigenvalue weighted by atomic mass is 9.89. The molecule has 0 bridgehead atoms. The summed E-state index contributed by atoms with van der Waals surface area (Å²) >= 11 is 0. The van der Waals surface area contributed by atoms with Gasteiger partial charge in [-0.2, -0.15) is 0 Å². The minimum absolute atomic E-state index is 0.0266. The van der Waals surface area contributed by atoms with E-state index in [1.165, 1.54) is 24.0 Å². The van der Waals surface area contributed by atoms with Crippen LogP contribution in [-0.2, 0) is 22.4 Å². The molecule has 3 atom stereocenters. The second kappa shape index (κ2) is 8.21. The molecule has 3 rings (SSSR count). The van der Waals surface area contributed by atoms with Gasteiger partial charge >= 0.3 is 5.97 Å². The van der Waals surface area contributed by atoms with Crippen LogP contribution in [-0.4, -0.2) is 41.0 Å². The molecular formula is C21H30N2O3. The van der Waals surface area contributed by atoms with Gasteiger partial charge in [0.2, 0.25) is 5.91 Å². The maximum absolute atomic E-state index is 12.7. The fraction of sp³-hybridized carbons (Fsp3) is 0.619. The highest BCUT2D eigenvalue weighted by Gasteiger charge is 2.31. The first-order chi connectivity index (χ1) is 12.5. The maximum atomic E-state index is 12.7. The summed E-state index contributed by atoms with van der Waals surface area (Å²) in [4.78, 5) is 25.9. The minimum Gasteiger partial charge on any atom is -0.481 e. The van der Waals surface area contributed by atoms with Gasteiger partial charge in [0.15, 0.2) is 0 Å². The summed E-state index contributed by atoms with van der Waals surface area (Å²) in [5, 5.41) is 12.4. The number of aryl methyl sites for hydroxylation is 2. The number of piperidine rings is 1. The molecule has 0 aromatic heterocycles. The molecule has 26 heavy (non-hydrogen) atoms. The van der Waals surface area contributed by atoms with Crippen LogP contribution >= 0.6 is 0 Å². The van der Waals surface area contributed by atoms with Crippen LogP contribution in [0.25, 0.3) is 0 Å². The number of nitrogens with one attached hydrogen (secondary N) is 1. The summed E-state index contributed by atoms with van der Waals surface area (Å²) in [6.07, 6.45) is 6.33. The van der Waals surface area contributed by atoms with Gasteiger partial charge in [-0.15, -0.1) is 0 Å². The number of benzene rings is 1. The molecule has 3 unspecified atom stereocenters. The van der Waals surface area contributed by atoms with E-state index in [0.29, 0.717) is 13.0 Å². The fourth-order valence-electron chi connectivity index (χ4n) is 4.17. The number of carbonyl (C=O) groups is 2. The Morgan fingerprint density at radius 2 is 1.88 bits per heavy atom. The second-order valence-corrected chi connectivity index (χ2v) is 7.81. The van der Waals surface area contributed by atoms with Crippen molar-refractivity contribution in [1.29, 1.82) is 0 Å².